The zero-order valence-electron chi connectivity index (χ0n) is 11.4. The average molecular weight is 255 g/mol. The van der Waals surface area contributed by atoms with Gasteiger partial charge in [0.15, 0.2) is 0 Å². The van der Waals surface area contributed by atoms with Crippen LogP contribution in [0.25, 0.3) is 0 Å². The van der Waals surface area contributed by atoms with Gasteiger partial charge in [-0.05, 0) is 39.8 Å². The first-order valence-electron chi connectivity index (χ1n) is 6.20. The van der Waals surface area contributed by atoms with Crippen LogP contribution in [0.1, 0.15) is 39.4 Å². The van der Waals surface area contributed by atoms with Gasteiger partial charge in [-0.2, -0.15) is 0 Å². The van der Waals surface area contributed by atoms with E-state index in [0.29, 0.717) is 18.8 Å². The molecule has 0 aliphatic rings. The first kappa shape index (κ1) is 14.9. The second-order valence-corrected chi connectivity index (χ2v) is 5.18. The quantitative estimate of drug-likeness (QED) is 0.849. The van der Waals surface area contributed by atoms with Crippen LogP contribution in [0.3, 0.4) is 0 Å². The van der Waals surface area contributed by atoms with Gasteiger partial charge >= 0.3 is 0 Å². The molecule has 0 aliphatic heterocycles. The van der Waals surface area contributed by atoms with Crippen molar-refractivity contribution in [3.05, 3.63) is 29.6 Å². The highest BCUT2D eigenvalue weighted by molar-refractivity contribution is 5.55. The molecule has 0 bridgehead atoms. The number of hydrogen-bond donors (Lipinski definition) is 2. The van der Waals surface area contributed by atoms with Gasteiger partial charge in [0.25, 0.3) is 0 Å². The van der Waals surface area contributed by atoms with E-state index < -0.39 is 17.5 Å². The topological polar surface area (TPSA) is 43.7 Å². The van der Waals surface area contributed by atoms with Crippen LogP contribution < -0.4 is 4.90 Å². The van der Waals surface area contributed by atoms with Crippen molar-refractivity contribution in [2.24, 2.45) is 0 Å². The number of likely N-dealkylation sites (N-methyl/N-ethyl adjacent to an activating group) is 1. The van der Waals surface area contributed by atoms with Crippen molar-refractivity contribution in [3.63, 3.8) is 0 Å². The number of rotatable bonds is 5. The summed E-state index contributed by atoms with van der Waals surface area (Å²) in [7, 11) is 0. The summed E-state index contributed by atoms with van der Waals surface area (Å²) >= 11 is 0. The number of aliphatic hydroxyl groups excluding tert-OH is 1. The summed E-state index contributed by atoms with van der Waals surface area (Å²) in [6.45, 7) is 7.90. The normalized spacial score (nSPS) is 13.5. The van der Waals surface area contributed by atoms with Crippen molar-refractivity contribution in [1.82, 2.24) is 0 Å². The van der Waals surface area contributed by atoms with Crippen molar-refractivity contribution < 1.29 is 14.6 Å². The molecule has 0 aliphatic carbocycles. The Balaban J connectivity index is 3.17. The number of benzene rings is 1. The zero-order valence-corrected chi connectivity index (χ0v) is 11.4. The molecule has 18 heavy (non-hydrogen) atoms. The molecule has 0 spiro atoms. The Labute approximate surface area is 108 Å². The van der Waals surface area contributed by atoms with E-state index in [4.69, 9.17) is 0 Å². The molecule has 0 heterocycles. The van der Waals surface area contributed by atoms with Gasteiger partial charge in [-0.3, -0.25) is 0 Å². The van der Waals surface area contributed by atoms with Crippen LogP contribution in [0, 0.1) is 5.82 Å². The van der Waals surface area contributed by atoms with Crippen LogP contribution in [0.15, 0.2) is 18.2 Å². The summed E-state index contributed by atoms with van der Waals surface area (Å²) in [6, 6.07) is 4.72. The van der Waals surface area contributed by atoms with Crippen LogP contribution in [-0.2, 0) is 0 Å². The molecule has 0 aromatic heterocycles. The van der Waals surface area contributed by atoms with E-state index in [1.807, 2.05) is 11.8 Å². The van der Waals surface area contributed by atoms with E-state index >= 15 is 0 Å². The molecule has 102 valence electrons. The first-order valence-corrected chi connectivity index (χ1v) is 6.20. The molecular formula is C14H22FNO2. The van der Waals surface area contributed by atoms with E-state index in [-0.39, 0.29) is 5.56 Å². The fraction of sp³-hybridized carbons (Fsp3) is 0.571. The van der Waals surface area contributed by atoms with E-state index in [1.165, 1.54) is 6.07 Å². The highest BCUT2D eigenvalue weighted by atomic mass is 19.1. The van der Waals surface area contributed by atoms with Gasteiger partial charge in [-0.25, -0.2) is 4.39 Å². The third-order valence-electron chi connectivity index (χ3n) is 2.75. The maximum Gasteiger partial charge on any atom is 0.131 e. The minimum absolute atomic E-state index is 0.281. The maximum atomic E-state index is 13.8. The number of anilines is 1. The summed E-state index contributed by atoms with van der Waals surface area (Å²) in [5.74, 6) is -0.420. The lowest BCUT2D eigenvalue weighted by molar-refractivity contribution is 0.0873. The third-order valence-corrected chi connectivity index (χ3v) is 2.75. The fourth-order valence-corrected chi connectivity index (χ4v) is 2.05. The van der Waals surface area contributed by atoms with Crippen LogP contribution >= 0.6 is 0 Å². The summed E-state index contributed by atoms with van der Waals surface area (Å²) in [5.41, 5.74) is 0.0383. The largest absolute Gasteiger partial charge is 0.389 e. The number of nitrogens with zero attached hydrogens (tertiary/aromatic N) is 1. The molecule has 1 aromatic rings. The Kier molecular flexibility index (Phi) is 4.71. The summed E-state index contributed by atoms with van der Waals surface area (Å²) in [4.78, 5) is 1.87. The van der Waals surface area contributed by atoms with Gasteiger partial charge in [-0.15, -0.1) is 0 Å². The van der Waals surface area contributed by atoms with Gasteiger partial charge in [-0.1, -0.05) is 6.07 Å². The van der Waals surface area contributed by atoms with Crippen LogP contribution in [0.4, 0.5) is 10.1 Å². The predicted molar refractivity (Wildman–Crippen MR) is 71.2 cm³/mol. The summed E-state index contributed by atoms with van der Waals surface area (Å²) in [6.07, 6.45) is -0.878. The standard InChI is InChI=1S/C14H22FNO2/c1-5-16(9-14(3,4)18)12-8-6-7-11(15)13(12)10(2)17/h6-8,10,17-18H,5,9H2,1-4H3/t10-/m1/s1. The van der Waals surface area contributed by atoms with Crippen molar-refractivity contribution >= 4 is 5.69 Å². The second-order valence-electron chi connectivity index (χ2n) is 5.18. The lowest BCUT2D eigenvalue weighted by atomic mass is 10.0. The van der Waals surface area contributed by atoms with Gasteiger partial charge in [0.1, 0.15) is 5.82 Å². The van der Waals surface area contributed by atoms with Crippen molar-refractivity contribution in [2.75, 3.05) is 18.0 Å². The SMILES string of the molecule is CCN(CC(C)(C)O)c1cccc(F)c1[C@@H](C)O. The summed E-state index contributed by atoms with van der Waals surface area (Å²) in [5, 5.41) is 19.6. The smallest absolute Gasteiger partial charge is 0.131 e. The van der Waals surface area contributed by atoms with E-state index in [9.17, 15) is 14.6 Å². The molecular weight excluding hydrogens is 233 g/mol. The fourth-order valence-electron chi connectivity index (χ4n) is 2.05. The number of hydrogen-bond acceptors (Lipinski definition) is 3. The Hall–Kier alpha value is -1.13. The molecule has 3 nitrogen and oxygen atoms in total. The Morgan fingerprint density at radius 2 is 2.00 bits per heavy atom. The molecule has 0 radical (unpaired) electrons. The van der Waals surface area contributed by atoms with Gasteiger partial charge in [0, 0.05) is 24.3 Å². The monoisotopic (exact) mass is 255 g/mol. The van der Waals surface area contributed by atoms with Crippen LogP contribution in [-0.4, -0.2) is 28.9 Å². The lowest BCUT2D eigenvalue weighted by Gasteiger charge is -2.32. The molecule has 0 fully saturated rings. The van der Waals surface area contributed by atoms with E-state index in [1.54, 1.807) is 32.9 Å². The Morgan fingerprint density at radius 1 is 1.39 bits per heavy atom. The average Bonchev–Trinajstić information content (AvgIpc) is 2.23. The minimum atomic E-state index is -0.878. The lowest BCUT2D eigenvalue weighted by Crippen LogP contribution is -2.39. The molecule has 0 amide bonds. The van der Waals surface area contributed by atoms with Crippen LogP contribution in [0.2, 0.25) is 0 Å². The van der Waals surface area contributed by atoms with Gasteiger partial charge in [0.05, 0.1) is 11.7 Å². The molecule has 1 aromatic carbocycles. The molecule has 1 atom stereocenters. The van der Waals surface area contributed by atoms with Gasteiger partial charge in [0.2, 0.25) is 0 Å². The highest BCUT2D eigenvalue weighted by Gasteiger charge is 2.22. The van der Waals surface area contributed by atoms with E-state index in [2.05, 4.69) is 0 Å². The van der Waals surface area contributed by atoms with Crippen molar-refractivity contribution in [3.8, 4) is 0 Å². The second kappa shape index (κ2) is 5.67. The molecule has 0 unspecified atom stereocenters. The van der Waals surface area contributed by atoms with Crippen LogP contribution in [0.5, 0.6) is 0 Å². The highest BCUT2D eigenvalue weighted by Crippen LogP contribution is 2.29. The third kappa shape index (κ3) is 3.68. The maximum absolute atomic E-state index is 13.8. The number of aliphatic hydroxyl groups is 2. The predicted octanol–water partition coefficient (Wildman–Crippen LogP) is 2.48. The number of halogens is 1. The molecule has 1 rings (SSSR count). The molecule has 2 N–H and O–H groups in total. The molecule has 0 saturated carbocycles. The Morgan fingerprint density at radius 3 is 2.44 bits per heavy atom. The van der Waals surface area contributed by atoms with Crippen molar-refractivity contribution in [2.45, 2.75) is 39.4 Å². The molecule has 4 heteroatoms. The van der Waals surface area contributed by atoms with Crippen molar-refractivity contribution in [1.29, 1.82) is 0 Å². The zero-order chi connectivity index (χ0) is 13.9. The van der Waals surface area contributed by atoms with Gasteiger partial charge < -0.3 is 15.1 Å². The molecule has 0 saturated heterocycles. The summed E-state index contributed by atoms with van der Waals surface area (Å²) < 4.78 is 13.8. The Bertz CT molecular complexity index is 399. The first-order chi connectivity index (χ1) is 8.26. The van der Waals surface area contributed by atoms with E-state index in [0.717, 1.165) is 0 Å². The minimum Gasteiger partial charge on any atom is -0.389 e.